The molecule has 3 heterocycles. The van der Waals surface area contributed by atoms with E-state index >= 15 is 0 Å². The van der Waals surface area contributed by atoms with Gasteiger partial charge in [-0.2, -0.15) is 25.8 Å². The number of aromatic nitrogens is 9. The lowest BCUT2D eigenvalue weighted by Crippen LogP contribution is -1.99. The maximum Gasteiger partial charge on any atom is 0.138 e. The molecule has 216 valence electrons. The lowest BCUT2D eigenvalue weighted by Gasteiger charge is -2.05. The molecule has 0 bridgehead atoms. The zero-order chi connectivity index (χ0) is 31.0. The number of halogens is 4. The second-order valence-corrected chi connectivity index (χ2v) is 10.4. The second kappa shape index (κ2) is 17.4. The molecule has 3 N–H and O–H groups in total. The highest BCUT2D eigenvalue weighted by Gasteiger charge is 2.04. The number of aromatic amines is 1. The first-order chi connectivity index (χ1) is 20.9. The predicted molar refractivity (Wildman–Crippen MR) is 166 cm³/mol. The summed E-state index contributed by atoms with van der Waals surface area (Å²) in [6, 6.07) is 19.3. The molecule has 0 aliphatic carbocycles. The molecule has 0 unspecified atom stereocenters. The topological polar surface area (TPSA) is 177 Å². The summed E-state index contributed by atoms with van der Waals surface area (Å²) >= 11 is 9.80. The van der Waals surface area contributed by atoms with E-state index in [0.717, 1.165) is 25.9 Å². The summed E-state index contributed by atoms with van der Waals surface area (Å²) in [5.74, 6) is -0.348. The summed E-state index contributed by atoms with van der Waals surface area (Å²) in [7, 11) is 0. The summed E-state index contributed by atoms with van der Waals surface area (Å²) in [5, 5.41) is 31.1. The Labute approximate surface area is 270 Å². The standard InChI is InChI=1S/C9H9BrN4.C9H5BrN4.C7H3BrFN.C2H3N3/c2*10-8-3-7(4-11)1-2-9(8)14-6-12-5-13-14;8-6-3-5(4-10)1-2-7(6)9;1-3-2-5-4-1/h1-3,5-6H,4,11H2;1-3,5-6H;1-3H;1-2H,(H,3,4,5). The minimum Gasteiger partial charge on any atom is -0.326 e. The number of nitrogens with two attached hydrogens (primary N) is 1. The van der Waals surface area contributed by atoms with Gasteiger partial charge in [0.2, 0.25) is 0 Å². The summed E-state index contributed by atoms with van der Waals surface area (Å²) < 4.78 is 17.9. The van der Waals surface area contributed by atoms with E-state index in [2.05, 4.69) is 89.2 Å². The van der Waals surface area contributed by atoms with E-state index in [4.69, 9.17) is 16.3 Å². The van der Waals surface area contributed by atoms with Gasteiger partial charge in [0.15, 0.2) is 0 Å². The molecular weight excluding hydrogens is 751 g/mol. The number of benzene rings is 3. The zero-order valence-corrected chi connectivity index (χ0v) is 26.7. The maximum absolute atomic E-state index is 12.5. The van der Waals surface area contributed by atoms with Gasteiger partial charge in [-0.05, 0) is 102 Å². The first-order valence-corrected chi connectivity index (χ1v) is 14.3. The van der Waals surface area contributed by atoms with Crippen LogP contribution in [0.2, 0.25) is 0 Å². The van der Waals surface area contributed by atoms with Gasteiger partial charge in [0, 0.05) is 15.5 Å². The van der Waals surface area contributed by atoms with E-state index in [1.165, 1.54) is 43.5 Å². The molecule has 16 heteroatoms. The first kappa shape index (κ1) is 32.9. The van der Waals surface area contributed by atoms with Crippen molar-refractivity contribution in [2.24, 2.45) is 5.73 Å². The van der Waals surface area contributed by atoms with Crippen LogP contribution < -0.4 is 5.73 Å². The van der Waals surface area contributed by atoms with Crippen molar-refractivity contribution in [3.05, 3.63) is 128 Å². The number of H-pyrrole nitrogens is 1. The molecule has 0 spiro atoms. The molecule has 43 heavy (non-hydrogen) atoms. The van der Waals surface area contributed by atoms with E-state index in [1.807, 2.05) is 30.3 Å². The monoisotopic (exact) mass is 768 g/mol. The van der Waals surface area contributed by atoms with Crippen LogP contribution in [0.4, 0.5) is 4.39 Å². The van der Waals surface area contributed by atoms with Crippen LogP contribution in [-0.4, -0.2) is 44.7 Å². The number of nitrogens with one attached hydrogen (secondary N) is 1. The number of nitrogens with zero attached hydrogens (tertiary/aromatic N) is 10. The van der Waals surface area contributed by atoms with Gasteiger partial charge in [0.25, 0.3) is 0 Å². The molecule has 3 aromatic carbocycles. The molecule has 6 rings (SSSR count). The van der Waals surface area contributed by atoms with Gasteiger partial charge in [-0.25, -0.2) is 28.7 Å². The smallest absolute Gasteiger partial charge is 0.138 e. The highest BCUT2D eigenvalue weighted by atomic mass is 79.9. The van der Waals surface area contributed by atoms with Crippen LogP contribution in [0.15, 0.2) is 106 Å². The Morgan fingerprint density at radius 3 is 1.70 bits per heavy atom. The van der Waals surface area contributed by atoms with Crippen molar-refractivity contribution >= 4 is 47.8 Å². The highest BCUT2D eigenvalue weighted by Crippen LogP contribution is 2.22. The van der Waals surface area contributed by atoms with Crippen LogP contribution >= 0.6 is 47.8 Å². The third-order valence-electron chi connectivity index (χ3n) is 5.04. The van der Waals surface area contributed by atoms with Gasteiger partial charge in [0.1, 0.15) is 43.8 Å². The van der Waals surface area contributed by atoms with Crippen LogP contribution in [0.25, 0.3) is 11.4 Å². The van der Waals surface area contributed by atoms with Gasteiger partial charge < -0.3 is 5.73 Å². The maximum atomic E-state index is 12.5. The van der Waals surface area contributed by atoms with Crippen LogP contribution in [0.5, 0.6) is 0 Å². The Morgan fingerprint density at radius 1 is 0.744 bits per heavy atom. The third-order valence-corrected chi connectivity index (χ3v) is 6.91. The number of nitriles is 2. The van der Waals surface area contributed by atoms with E-state index in [1.54, 1.807) is 34.2 Å². The van der Waals surface area contributed by atoms with Crippen LogP contribution in [0.1, 0.15) is 16.7 Å². The number of hydrogen-bond acceptors (Lipinski definition) is 9. The van der Waals surface area contributed by atoms with Crippen molar-refractivity contribution in [1.82, 2.24) is 44.7 Å². The van der Waals surface area contributed by atoms with E-state index in [-0.39, 0.29) is 5.82 Å². The van der Waals surface area contributed by atoms with E-state index in [9.17, 15) is 4.39 Å². The Kier molecular flexibility index (Phi) is 13.3. The van der Waals surface area contributed by atoms with E-state index < -0.39 is 0 Å². The lowest BCUT2D eigenvalue weighted by atomic mass is 10.2. The first-order valence-electron chi connectivity index (χ1n) is 11.9. The van der Waals surface area contributed by atoms with Gasteiger partial charge in [-0.1, -0.05) is 6.07 Å². The van der Waals surface area contributed by atoms with Gasteiger partial charge in [-0.3, -0.25) is 5.10 Å². The van der Waals surface area contributed by atoms with E-state index in [0.29, 0.717) is 22.1 Å². The molecule has 12 nitrogen and oxygen atoms in total. The Bertz CT molecular complexity index is 1760. The van der Waals surface area contributed by atoms with Crippen LogP contribution in [-0.2, 0) is 6.54 Å². The Morgan fingerprint density at radius 2 is 1.30 bits per heavy atom. The molecule has 0 aliphatic rings. The van der Waals surface area contributed by atoms with Crippen molar-refractivity contribution in [2.45, 2.75) is 6.54 Å². The summed E-state index contributed by atoms with van der Waals surface area (Å²) in [4.78, 5) is 11.3. The summed E-state index contributed by atoms with van der Waals surface area (Å²) in [5.41, 5.74) is 9.50. The largest absolute Gasteiger partial charge is 0.326 e. The molecule has 0 fully saturated rings. The third kappa shape index (κ3) is 10.3. The van der Waals surface area contributed by atoms with Crippen molar-refractivity contribution in [3.8, 4) is 23.5 Å². The molecule has 0 atom stereocenters. The second-order valence-electron chi connectivity index (χ2n) is 7.84. The Hall–Kier alpha value is -4.61. The van der Waals surface area contributed by atoms with Crippen molar-refractivity contribution in [1.29, 1.82) is 10.5 Å². The SMILES string of the molecule is N#Cc1ccc(-n2cncn2)c(Br)c1.N#Cc1ccc(F)c(Br)c1.NCc1ccc(-n2cncn2)c(Br)c1.c1nc[nH]n1. The van der Waals surface area contributed by atoms with Crippen LogP contribution in [0, 0.1) is 28.5 Å². The van der Waals surface area contributed by atoms with Crippen LogP contribution in [0.3, 0.4) is 0 Å². The molecule has 0 aliphatic heterocycles. The molecule has 0 radical (unpaired) electrons. The minimum absolute atomic E-state index is 0.326. The summed E-state index contributed by atoms with van der Waals surface area (Å²) in [6.45, 7) is 0.538. The molecule has 3 aromatic heterocycles. The fourth-order valence-electron chi connectivity index (χ4n) is 3.02. The minimum atomic E-state index is -0.348. The zero-order valence-electron chi connectivity index (χ0n) is 21.9. The Balaban J connectivity index is 0.000000165. The summed E-state index contributed by atoms with van der Waals surface area (Å²) in [6.07, 6.45) is 9.18. The van der Waals surface area contributed by atoms with Gasteiger partial charge in [0.05, 0.1) is 39.1 Å². The van der Waals surface area contributed by atoms with Gasteiger partial charge in [-0.15, -0.1) is 0 Å². The number of rotatable bonds is 3. The molecule has 6 aromatic rings. The average Bonchev–Trinajstić information content (AvgIpc) is 3.85. The molecule has 0 saturated heterocycles. The average molecular weight is 771 g/mol. The highest BCUT2D eigenvalue weighted by molar-refractivity contribution is 9.11. The van der Waals surface area contributed by atoms with Crippen molar-refractivity contribution in [2.75, 3.05) is 0 Å². The predicted octanol–water partition coefficient (Wildman–Crippen LogP) is 5.65. The van der Waals surface area contributed by atoms with Crippen molar-refractivity contribution < 1.29 is 4.39 Å². The molecule has 0 amide bonds. The quantitative estimate of drug-likeness (QED) is 0.230. The fourth-order valence-corrected chi connectivity index (χ4v) is 4.57. The normalized spacial score (nSPS) is 9.56. The number of hydrogen-bond donors (Lipinski definition) is 2. The molecular formula is C27H20Br3FN12. The van der Waals surface area contributed by atoms with Crippen molar-refractivity contribution in [3.63, 3.8) is 0 Å². The van der Waals surface area contributed by atoms with Gasteiger partial charge >= 0.3 is 0 Å². The molecule has 0 saturated carbocycles. The lowest BCUT2D eigenvalue weighted by molar-refractivity contribution is 0.621. The fraction of sp³-hybridized carbons (Fsp3) is 0.0370.